The second-order valence-corrected chi connectivity index (χ2v) is 10.9. The number of fused-ring (bicyclic) bond motifs is 1. The van der Waals surface area contributed by atoms with Crippen LogP contribution in [-0.2, 0) is 32.6 Å². The Labute approximate surface area is 181 Å². The molecule has 6 nitrogen and oxygen atoms in total. The van der Waals surface area contributed by atoms with Gasteiger partial charge in [0.2, 0.25) is 21.8 Å². The number of rotatable bonds is 7. The minimum absolute atomic E-state index is 0.108. The summed E-state index contributed by atoms with van der Waals surface area (Å²) in [5.74, 6) is -0.606. The van der Waals surface area contributed by atoms with Crippen molar-refractivity contribution in [2.75, 3.05) is 6.54 Å². The van der Waals surface area contributed by atoms with E-state index in [2.05, 4.69) is 4.72 Å². The Hall–Kier alpha value is -2.03. The third-order valence-electron chi connectivity index (χ3n) is 6.06. The summed E-state index contributed by atoms with van der Waals surface area (Å²) in [5.41, 5.74) is 1.29. The molecule has 0 radical (unpaired) electrons. The Balaban J connectivity index is 1.49. The standard InChI is InChI=1S/C22H26N2O4S2/c1-15-8-9-16(14-24-21(25)18-6-2-3-7-19(18)22(24)26)13-20(15)30(27,28)23-11-10-17-5-4-12-29-17/h4-5,8-9,12-13,18-19,23H,2-3,6-7,10-11,14H2,1H3/t18-,19-/m0/s1. The van der Waals surface area contributed by atoms with Gasteiger partial charge in [-0.15, -0.1) is 11.3 Å². The average molecular weight is 447 g/mol. The highest BCUT2D eigenvalue weighted by Crippen LogP contribution is 2.38. The number of aryl methyl sites for hydroxylation is 1. The van der Waals surface area contributed by atoms with Crippen LogP contribution >= 0.6 is 11.3 Å². The highest BCUT2D eigenvalue weighted by molar-refractivity contribution is 7.89. The number of nitrogens with zero attached hydrogens (tertiary/aromatic N) is 1. The number of sulfonamides is 1. The van der Waals surface area contributed by atoms with E-state index >= 15 is 0 Å². The Bertz CT molecular complexity index is 1020. The lowest BCUT2D eigenvalue weighted by Gasteiger charge is -2.19. The molecule has 0 spiro atoms. The third kappa shape index (κ3) is 4.22. The van der Waals surface area contributed by atoms with Crippen LogP contribution in [0, 0.1) is 18.8 Å². The first-order valence-electron chi connectivity index (χ1n) is 10.3. The number of carbonyl (C=O) groups excluding carboxylic acids is 2. The number of hydrogen-bond acceptors (Lipinski definition) is 5. The van der Waals surface area contributed by atoms with Crippen LogP contribution in [0.4, 0.5) is 0 Å². The molecule has 1 aliphatic heterocycles. The molecule has 1 aromatic heterocycles. The van der Waals surface area contributed by atoms with Crippen LogP contribution in [0.5, 0.6) is 0 Å². The van der Waals surface area contributed by atoms with Gasteiger partial charge < -0.3 is 0 Å². The quantitative estimate of drug-likeness (QED) is 0.662. The van der Waals surface area contributed by atoms with Gasteiger partial charge in [-0.1, -0.05) is 31.0 Å². The molecular weight excluding hydrogens is 420 g/mol. The zero-order valence-electron chi connectivity index (χ0n) is 17.0. The van der Waals surface area contributed by atoms with E-state index in [4.69, 9.17) is 0 Å². The Morgan fingerprint density at radius 3 is 2.43 bits per heavy atom. The van der Waals surface area contributed by atoms with Crippen LogP contribution in [0.3, 0.4) is 0 Å². The molecule has 2 aromatic rings. The number of amides is 2. The molecule has 2 heterocycles. The lowest BCUT2D eigenvalue weighted by atomic mass is 9.81. The molecular formula is C22H26N2O4S2. The molecule has 1 saturated carbocycles. The van der Waals surface area contributed by atoms with Crippen molar-refractivity contribution < 1.29 is 18.0 Å². The largest absolute Gasteiger partial charge is 0.278 e. The van der Waals surface area contributed by atoms with E-state index in [0.717, 1.165) is 30.6 Å². The Morgan fingerprint density at radius 2 is 1.80 bits per heavy atom. The molecule has 1 aliphatic carbocycles. The van der Waals surface area contributed by atoms with E-state index in [-0.39, 0.29) is 35.1 Å². The molecule has 0 unspecified atom stereocenters. The van der Waals surface area contributed by atoms with E-state index in [1.54, 1.807) is 36.5 Å². The van der Waals surface area contributed by atoms with Crippen molar-refractivity contribution in [3.8, 4) is 0 Å². The minimum atomic E-state index is -3.68. The topological polar surface area (TPSA) is 83.6 Å². The third-order valence-corrected chi connectivity index (χ3v) is 8.60. The maximum absolute atomic E-state index is 12.8. The number of carbonyl (C=O) groups is 2. The van der Waals surface area contributed by atoms with Crippen molar-refractivity contribution in [1.29, 1.82) is 0 Å². The van der Waals surface area contributed by atoms with Crippen LogP contribution in [0.2, 0.25) is 0 Å². The lowest BCUT2D eigenvalue weighted by molar-refractivity contribution is -0.140. The molecule has 1 saturated heterocycles. The van der Waals surface area contributed by atoms with Crippen molar-refractivity contribution in [1.82, 2.24) is 9.62 Å². The van der Waals surface area contributed by atoms with Gasteiger partial charge >= 0.3 is 0 Å². The molecule has 1 N–H and O–H groups in total. The number of nitrogens with one attached hydrogen (secondary N) is 1. The van der Waals surface area contributed by atoms with Crippen molar-refractivity contribution >= 4 is 33.2 Å². The minimum Gasteiger partial charge on any atom is -0.278 e. The van der Waals surface area contributed by atoms with E-state index in [1.165, 1.54) is 4.90 Å². The maximum Gasteiger partial charge on any atom is 0.240 e. The van der Waals surface area contributed by atoms with Crippen molar-refractivity contribution in [3.63, 3.8) is 0 Å². The predicted molar refractivity (Wildman–Crippen MR) is 115 cm³/mol. The molecule has 30 heavy (non-hydrogen) atoms. The fourth-order valence-electron chi connectivity index (χ4n) is 4.44. The monoisotopic (exact) mass is 446 g/mol. The van der Waals surface area contributed by atoms with Gasteiger partial charge in [-0.2, -0.15) is 0 Å². The predicted octanol–water partition coefficient (Wildman–Crippen LogP) is 3.25. The van der Waals surface area contributed by atoms with E-state index < -0.39 is 10.0 Å². The van der Waals surface area contributed by atoms with E-state index in [1.807, 2.05) is 17.5 Å². The summed E-state index contributed by atoms with van der Waals surface area (Å²) in [5, 5.41) is 1.97. The SMILES string of the molecule is Cc1ccc(CN2C(=O)[C@H]3CCCC[C@@H]3C2=O)cc1S(=O)(=O)NCCc1cccs1. The normalized spacial score (nSPS) is 21.8. The smallest absolute Gasteiger partial charge is 0.240 e. The van der Waals surface area contributed by atoms with Gasteiger partial charge in [0.15, 0.2) is 0 Å². The second-order valence-electron chi connectivity index (χ2n) is 8.09. The molecule has 2 atom stereocenters. The summed E-state index contributed by atoms with van der Waals surface area (Å²) in [4.78, 5) is 28.1. The summed E-state index contributed by atoms with van der Waals surface area (Å²) in [6.45, 7) is 2.19. The first-order valence-corrected chi connectivity index (χ1v) is 12.7. The number of imide groups is 1. The molecule has 0 bridgehead atoms. The van der Waals surface area contributed by atoms with Crippen LogP contribution in [0.1, 0.15) is 41.7 Å². The van der Waals surface area contributed by atoms with Gasteiger partial charge in [0.05, 0.1) is 23.3 Å². The molecule has 8 heteroatoms. The average Bonchev–Trinajstić information content (AvgIpc) is 3.32. The molecule has 160 valence electrons. The highest BCUT2D eigenvalue weighted by atomic mass is 32.2. The number of thiophene rings is 1. The second kappa shape index (κ2) is 8.61. The zero-order chi connectivity index (χ0) is 21.3. The van der Waals surface area contributed by atoms with Crippen LogP contribution in [0.15, 0.2) is 40.6 Å². The van der Waals surface area contributed by atoms with Crippen molar-refractivity contribution in [2.45, 2.75) is 50.5 Å². The van der Waals surface area contributed by atoms with Crippen LogP contribution in [-0.4, -0.2) is 31.7 Å². The lowest BCUT2D eigenvalue weighted by Crippen LogP contribution is -2.31. The summed E-state index contributed by atoms with van der Waals surface area (Å²) < 4.78 is 28.4. The van der Waals surface area contributed by atoms with E-state index in [0.29, 0.717) is 24.1 Å². The summed E-state index contributed by atoms with van der Waals surface area (Å²) >= 11 is 1.60. The number of hydrogen-bond donors (Lipinski definition) is 1. The van der Waals surface area contributed by atoms with Gasteiger partial charge in [0.25, 0.3) is 0 Å². The molecule has 2 aliphatic rings. The van der Waals surface area contributed by atoms with Crippen molar-refractivity contribution in [3.05, 3.63) is 51.7 Å². The van der Waals surface area contributed by atoms with Gasteiger partial charge in [-0.3, -0.25) is 14.5 Å². The van der Waals surface area contributed by atoms with Gasteiger partial charge in [-0.25, -0.2) is 13.1 Å². The van der Waals surface area contributed by atoms with E-state index in [9.17, 15) is 18.0 Å². The van der Waals surface area contributed by atoms with Gasteiger partial charge in [0, 0.05) is 11.4 Å². The fraction of sp³-hybridized carbons (Fsp3) is 0.455. The maximum atomic E-state index is 12.8. The summed E-state index contributed by atoms with van der Waals surface area (Å²) in [6.07, 6.45) is 4.15. The molecule has 4 rings (SSSR count). The van der Waals surface area contributed by atoms with Gasteiger partial charge in [0.1, 0.15) is 0 Å². The summed E-state index contributed by atoms with van der Waals surface area (Å²) in [6, 6.07) is 9.04. The fourth-order valence-corrected chi connectivity index (χ4v) is 6.48. The highest BCUT2D eigenvalue weighted by Gasteiger charge is 2.47. The Kier molecular flexibility index (Phi) is 6.09. The zero-order valence-corrected chi connectivity index (χ0v) is 18.6. The van der Waals surface area contributed by atoms with Crippen LogP contribution in [0.25, 0.3) is 0 Å². The van der Waals surface area contributed by atoms with Crippen LogP contribution < -0.4 is 4.72 Å². The molecule has 1 aromatic carbocycles. The number of benzene rings is 1. The first kappa shape index (κ1) is 21.2. The molecule has 2 amide bonds. The number of likely N-dealkylation sites (tertiary alicyclic amines) is 1. The first-order chi connectivity index (χ1) is 14.4. The summed E-state index contributed by atoms with van der Waals surface area (Å²) in [7, 11) is -3.68. The van der Waals surface area contributed by atoms with Crippen molar-refractivity contribution in [2.24, 2.45) is 11.8 Å². The van der Waals surface area contributed by atoms with Gasteiger partial charge in [-0.05, 0) is 54.8 Å². The molecule has 2 fully saturated rings. The Morgan fingerprint density at radius 1 is 1.10 bits per heavy atom.